The average molecular weight is 587 g/mol. The van der Waals surface area contributed by atoms with E-state index in [-0.39, 0.29) is 5.41 Å². The molecule has 0 atom stereocenters. The third kappa shape index (κ3) is 3.30. The first-order valence-corrected chi connectivity index (χ1v) is 16.1. The van der Waals surface area contributed by atoms with Gasteiger partial charge in [-0.3, -0.25) is 0 Å². The lowest BCUT2D eigenvalue weighted by Crippen LogP contribution is -2.15. The average Bonchev–Trinajstić information content (AvgIpc) is 3.59. The second kappa shape index (κ2) is 9.19. The van der Waals surface area contributed by atoms with E-state index in [0.29, 0.717) is 0 Å². The number of benzene rings is 8. The maximum Gasteiger partial charge on any atom is 0.143 e. The predicted octanol–water partition coefficient (Wildman–Crippen LogP) is 12.7. The van der Waals surface area contributed by atoms with Gasteiger partial charge < -0.3 is 4.42 Å². The van der Waals surface area contributed by atoms with Crippen molar-refractivity contribution in [3.63, 3.8) is 0 Å². The minimum absolute atomic E-state index is 0.104. The monoisotopic (exact) mass is 586 g/mol. The summed E-state index contributed by atoms with van der Waals surface area (Å²) in [5.41, 5.74) is 12.2. The Kier molecular flexibility index (Phi) is 5.12. The van der Waals surface area contributed by atoms with Crippen molar-refractivity contribution in [2.24, 2.45) is 0 Å². The molecule has 0 fully saturated rings. The summed E-state index contributed by atoms with van der Waals surface area (Å²) in [5.74, 6) is 0. The van der Waals surface area contributed by atoms with Gasteiger partial charge in [0.1, 0.15) is 11.2 Å². The zero-order valence-electron chi connectivity index (χ0n) is 25.8. The molecule has 1 heteroatoms. The molecular weight excluding hydrogens is 556 g/mol. The van der Waals surface area contributed by atoms with Crippen LogP contribution >= 0.6 is 0 Å². The highest BCUT2D eigenvalue weighted by atomic mass is 16.3. The quantitative estimate of drug-likeness (QED) is 0.184. The summed E-state index contributed by atoms with van der Waals surface area (Å²) in [5, 5.41) is 9.88. The Labute approximate surface area is 267 Å². The lowest BCUT2D eigenvalue weighted by molar-refractivity contribution is 0.661. The number of para-hydroxylation sites is 2. The molecule has 1 heterocycles. The maximum absolute atomic E-state index is 6.61. The van der Waals surface area contributed by atoms with Crippen molar-refractivity contribution in [1.82, 2.24) is 0 Å². The van der Waals surface area contributed by atoms with Gasteiger partial charge in [0.2, 0.25) is 0 Å². The van der Waals surface area contributed by atoms with Gasteiger partial charge in [-0.05, 0) is 77.8 Å². The third-order valence-corrected chi connectivity index (χ3v) is 10.5. The van der Waals surface area contributed by atoms with Crippen LogP contribution in [-0.2, 0) is 5.41 Å². The fraction of sp³-hybridized carbons (Fsp3) is 0.0667. The highest BCUT2D eigenvalue weighted by Gasteiger charge is 2.37. The van der Waals surface area contributed by atoms with Gasteiger partial charge in [0.25, 0.3) is 0 Å². The van der Waals surface area contributed by atoms with Gasteiger partial charge >= 0.3 is 0 Å². The van der Waals surface area contributed by atoms with Crippen molar-refractivity contribution < 1.29 is 4.42 Å². The van der Waals surface area contributed by atoms with E-state index in [1.54, 1.807) is 0 Å². The summed E-state index contributed by atoms with van der Waals surface area (Å²) in [6.07, 6.45) is 0. The first-order valence-electron chi connectivity index (χ1n) is 16.1. The van der Waals surface area contributed by atoms with E-state index in [4.69, 9.17) is 4.42 Å². The highest BCUT2D eigenvalue weighted by molar-refractivity contribution is 6.26. The van der Waals surface area contributed by atoms with Crippen LogP contribution in [-0.4, -0.2) is 0 Å². The molecule has 0 saturated carbocycles. The van der Waals surface area contributed by atoms with Crippen molar-refractivity contribution in [2.45, 2.75) is 19.3 Å². The third-order valence-electron chi connectivity index (χ3n) is 10.5. The summed E-state index contributed by atoms with van der Waals surface area (Å²) in [4.78, 5) is 0. The molecule has 8 aromatic carbocycles. The Hall–Kier alpha value is -5.66. The minimum Gasteiger partial charge on any atom is -0.455 e. The van der Waals surface area contributed by atoms with Crippen LogP contribution in [0.1, 0.15) is 25.0 Å². The smallest absolute Gasteiger partial charge is 0.143 e. The van der Waals surface area contributed by atoms with Gasteiger partial charge in [-0.15, -0.1) is 0 Å². The lowest BCUT2D eigenvalue weighted by atomic mass is 9.79. The van der Waals surface area contributed by atoms with E-state index in [0.717, 1.165) is 27.5 Å². The topological polar surface area (TPSA) is 13.1 Å². The van der Waals surface area contributed by atoms with Gasteiger partial charge in [-0.25, -0.2) is 0 Å². The van der Waals surface area contributed by atoms with E-state index >= 15 is 0 Å². The Morgan fingerprint density at radius 3 is 1.52 bits per heavy atom. The standard InChI is InChI=1S/C45H30O/c1-45(2)38-24-11-9-21-35(38)43-29-16-4-3-14-27(29)37(26-39(43)45)42-32-19-7-5-17-30(32)41(31-18-6-8-20-33(31)42)36-23-13-22-34-28-15-10-12-25-40(28)46-44(34)36/h3-26H,1-2H3. The van der Waals surface area contributed by atoms with Crippen LogP contribution in [0.25, 0.3) is 87.6 Å². The normalized spacial score (nSPS) is 13.6. The molecule has 0 unspecified atom stereocenters. The molecule has 10 rings (SSSR count). The van der Waals surface area contributed by atoms with Crippen molar-refractivity contribution in [3.8, 4) is 33.4 Å². The van der Waals surface area contributed by atoms with E-state index in [1.165, 1.54) is 71.3 Å². The lowest BCUT2D eigenvalue weighted by Gasteiger charge is -2.24. The van der Waals surface area contributed by atoms with Gasteiger partial charge in [-0.2, -0.15) is 0 Å². The number of rotatable bonds is 2. The molecule has 0 saturated heterocycles. The van der Waals surface area contributed by atoms with Crippen LogP contribution in [0, 0.1) is 0 Å². The Bertz CT molecular complexity index is 2660. The molecule has 1 nitrogen and oxygen atoms in total. The summed E-state index contributed by atoms with van der Waals surface area (Å²) < 4.78 is 6.61. The van der Waals surface area contributed by atoms with Gasteiger partial charge in [0.15, 0.2) is 0 Å². The molecule has 0 amide bonds. The van der Waals surface area contributed by atoms with Crippen LogP contribution in [0.2, 0.25) is 0 Å². The highest BCUT2D eigenvalue weighted by Crippen LogP contribution is 2.55. The molecule has 0 aliphatic heterocycles. The van der Waals surface area contributed by atoms with Crippen molar-refractivity contribution in [1.29, 1.82) is 0 Å². The zero-order chi connectivity index (χ0) is 30.6. The second-order valence-corrected chi connectivity index (χ2v) is 13.2. The van der Waals surface area contributed by atoms with Gasteiger partial charge in [0, 0.05) is 27.3 Å². The number of fused-ring (bicyclic) bond motifs is 10. The molecule has 1 aliphatic carbocycles. The molecule has 216 valence electrons. The van der Waals surface area contributed by atoms with Gasteiger partial charge in [0.05, 0.1) is 0 Å². The Balaban J connectivity index is 1.36. The molecule has 0 spiro atoms. The summed E-state index contributed by atoms with van der Waals surface area (Å²) >= 11 is 0. The first kappa shape index (κ1) is 25.6. The van der Waals surface area contributed by atoms with E-state index in [2.05, 4.69) is 153 Å². The Morgan fingerprint density at radius 2 is 0.848 bits per heavy atom. The van der Waals surface area contributed by atoms with Gasteiger partial charge in [-0.1, -0.05) is 147 Å². The first-order chi connectivity index (χ1) is 22.6. The summed E-state index contributed by atoms with van der Waals surface area (Å²) in [6, 6.07) is 53.3. The summed E-state index contributed by atoms with van der Waals surface area (Å²) in [6.45, 7) is 4.76. The van der Waals surface area contributed by atoms with Crippen LogP contribution < -0.4 is 0 Å². The SMILES string of the molecule is CC1(C)c2ccccc2-c2c1cc(-c1c3ccccc3c(-c3cccc4c3oc3ccccc34)c3ccccc13)c1ccccc21. The van der Waals surface area contributed by atoms with E-state index < -0.39 is 0 Å². The summed E-state index contributed by atoms with van der Waals surface area (Å²) in [7, 11) is 0. The molecule has 9 aromatic rings. The molecule has 46 heavy (non-hydrogen) atoms. The fourth-order valence-electron chi connectivity index (χ4n) is 8.41. The van der Waals surface area contributed by atoms with Crippen LogP contribution in [0.5, 0.6) is 0 Å². The maximum atomic E-state index is 6.61. The number of hydrogen-bond acceptors (Lipinski definition) is 1. The van der Waals surface area contributed by atoms with Crippen LogP contribution in [0.4, 0.5) is 0 Å². The molecule has 1 aromatic heterocycles. The molecule has 0 bridgehead atoms. The van der Waals surface area contributed by atoms with Crippen molar-refractivity contribution in [3.05, 3.63) is 157 Å². The second-order valence-electron chi connectivity index (χ2n) is 13.2. The minimum atomic E-state index is -0.104. The van der Waals surface area contributed by atoms with Crippen molar-refractivity contribution >= 4 is 54.3 Å². The molecule has 1 aliphatic rings. The zero-order valence-corrected chi connectivity index (χ0v) is 25.8. The van der Waals surface area contributed by atoms with E-state index in [9.17, 15) is 0 Å². The largest absolute Gasteiger partial charge is 0.455 e. The number of hydrogen-bond donors (Lipinski definition) is 0. The molecular formula is C45H30O. The fourth-order valence-corrected chi connectivity index (χ4v) is 8.41. The molecule has 0 N–H and O–H groups in total. The number of furan rings is 1. The van der Waals surface area contributed by atoms with Crippen molar-refractivity contribution in [2.75, 3.05) is 0 Å². The van der Waals surface area contributed by atoms with Crippen LogP contribution in [0.15, 0.2) is 150 Å². The van der Waals surface area contributed by atoms with Crippen LogP contribution in [0.3, 0.4) is 0 Å². The predicted molar refractivity (Wildman–Crippen MR) is 195 cm³/mol. The van der Waals surface area contributed by atoms with E-state index in [1.807, 2.05) is 6.07 Å². The Morgan fingerprint density at radius 1 is 0.370 bits per heavy atom. The molecule has 0 radical (unpaired) electrons.